The Bertz CT molecular complexity index is 1450. The van der Waals surface area contributed by atoms with E-state index in [-0.39, 0.29) is 72.1 Å². The molecule has 23 nitrogen and oxygen atoms in total. The van der Waals surface area contributed by atoms with Crippen molar-refractivity contribution >= 4 is 24.4 Å². The molecule has 1 aromatic rings. The molecule has 7 N–H and O–H groups in total. The highest BCUT2D eigenvalue weighted by molar-refractivity contribution is 5.73. The van der Waals surface area contributed by atoms with Crippen molar-refractivity contribution in [3.63, 3.8) is 0 Å². The van der Waals surface area contributed by atoms with Crippen LogP contribution in [0.4, 0.5) is 0 Å². The Hall–Kier alpha value is -3.27. The van der Waals surface area contributed by atoms with Crippen molar-refractivity contribution in [1.29, 1.82) is 0 Å². The van der Waals surface area contributed by atoms with Crippen molar-refractivity contribution in [1.82, 2.24) is 25.5 Å². The van der Waals surface area contributed by atoms with Crippen LogP contribution < -0.4 is 15.3 Å². The summed E-state index contributed by atoms with van der Waals surface area (Å²) >= 11 is 0. The molecule has 2 amide bonds. The van der Waals surface area contributed by atoms with Gasteiger partial charge in [0.1, 0.15) is 48.7 Å². The molecule has 0 bridgehead atoms. The SMILES string of the molecule is C=NN(CCOCCOCCOC1OC(CO)C(O)C(O)C1NC(C)=O)C(=C)n1n[n+](COCCOCCOC2OC3C(OC3(C)O)C(O)C2NC(C)=O)cc1C. The lowest BCUT2D eigenvalue weighted by Crippen LogP contribution is -2.76. The van der Waals surface area contributed by atoms with Gasteiger partial charge in [0.15, 0.2) is 30.3 Å². The van der Waals surface area contributed by atoms with E-state index in [1.165, 1.54) is 25.8 Å². The highest BCUT2D eigenvalue weighted by Gasteiger charge is 2.62. The van der Waals surface area contributed by atoms with Crippen molar-refractivity contribution < 1.29 is 82.4 Å². The molecule has 0 spiro atoms. The fourth-order valence-corrected chi connectivity index (χ4v) is 6.32. The summed E-state index contributed by atoms with van der Waals surface area (Å²) in [5.41, 5.74) is 0.760. The molecule has 3 aliphatic rings. The summed E-state index contributed by atoms with van der Waals surface area (Å²) in [5, 5.41) is 65.9. The van der Waals surface area contributed by atoms with Gasteiger partial charge >= 0.3 is 0 Å². The minimum absolute atomic E-state index is 0.0462. The first kappa shape index (κ1) is 46.4. The van der Waals surface area contributed by atoms with E-state index in [4.69, 9.17) is 42.6 Å². The maximum Gasteiger partial charge on any atom is 0.237 e. The zero-order valence-corrected chi connectivity index (χ0v) is 32.7. The van der Waals surface area contributed by atoms with Crippen molar-refractivity contribution in [2.75, 3.05) is 72.6 Å². The van der Waals surface area contributed by atoms with Gasteiger partial charge in [-0.05, 0) is 13.5 Å². The van der Waals surface area contributed by atoms with Crippen molar-refractivity contribution in [3.05, 3.63) is 18.5 Å². The molecule has 0 saturated carbocycles. The van der Waals surface area contributed by atoms with Gasteiger partial charge in [-0.3, -0.25) is 9.59 Å². The summed E-state index contributed by atoms with van der Waals surface area (Å²) < 4.78 is 53.5. The molecule has 11 atom stereocenters. The van der Waals surface area contributed by atoms with Gasteiger partial charge in [-0.15, -0.1) is 4.68 Å². The van der Waals surface area contributed by atoms with Crippen molar-refractivity contribution in [2.24, 2.45) is 5.10 Å². The summed E-state index contributed by atoms with van der Waals surface area (Å²) in [5.74, 6) is -1.96. The second-order valence-corrected chi connectivity index (χ2v) is 13.6. The number of carbonyl (C=O) groups is 2. The van der Waals surface area contributed by atoms with Gasteiger partial charge in [-0.1, -0.05) is 4.68 Å². The van der Waals surface area contributed by atoms with Crippen LogP contribution in [0.2, 0.25) is 0 Å². The van der Waals surface area contributed by atoms with Gasteiger partial charge < -0.3 is 78.8 Å². The van der Waals surface area contributed by atoms with E-state index in [1.54, 1.807) is 15.6 Å². The van der Waals surface area contributed by atoms with Gasteiger partial charge in [-0.2, -0.15) is 5.10 Å². The Morgan fingerprint density at radius 2 is 1.46 bits per heavy atom. The molecule has 3 fully saturated rings. The first-order valence-corrected chi connectivity index (χ1v) is 18.5. The van der Waals surface area contributed by atoms with E-state index in [1.807, 2.05) is 6.92 Å². The zero-order valence-electron chi connectivity index (χ0n) is 32.7. The summed E-state index contributed by atoms with van der Waals surface area (Å²) in [6, 6.07) is -1.92. The second kappa shape index (κ2) is 22.2. The van der Waals surface area contributed by atoms with Crippen LogP contribution in [0.25, 0.3) is 5.82 Å². The highest BCUT2D eigenvalue weighted by atomic mass is 16.8. The van der Waals surface area contributed by atoms with Gasteiger partial charge in [0.05, 0.1) is 77.8 Å². The molecule has 324 valence electrons. The van der Waals surface area contributed by atoms with E-state index in [9.17, 15) is 35.1 Å². The number of fused-ring (bicyclic) bond motifs is 1. The number of hydrogen-bond acceptors (Lipinski definition) is 19. The number of hydrogen-bond donors (Lipinski definition) is 7. The number of carbonyl (C=O) groups excluding carboxylic acids is 2. The number of aromatic nitrogens is 3. The smallest absolute Gasteiger partial charge is 0.237 e. The Morgan fingerprint density at radius 1 is 0.912 bits per heavy atom. The van der Waals surface area contributed by atoms with Crippen LogP contribution >= 0.6 is 0 Å². The first-order chi connectivity index (χ1) is 27.2. The Morgan fingerprint density at radius 3 is 2.02 bits per heavy atom. The summed E-state index contributed by atoms with van der Waals surface area (Å²) in [6.07, 6.45) is -6.94. The molecule has 4 heterocycles. The third-order valence-corrected chi connectivity index (χ3v) is 9.12. The number of aryl methyl sites for hydroxylation is 1. The lowest BCUT2D eigenvalue weighted by Gasteiger charge is -2.56. The van der Waals surface area contributed by atoms with Crippen LogP contribution in [0.3, 0.4) is 0 Å². The van der Waals surface area contributed by atoms with Crippen molar-refractivity contribution in [3.8, 4) is 0 Å². The van der Waals surface area contributed by atoms with Gasteiger partial charge in [0.25, 0.3) is 0 Å². The molecule has 0 aliphatic carbocycles. The van der Waals surface area contributed by atoms with Gasteiger partial charge in [-0.25, -0.2) is 5.01 Å². The van der Waals surface area contributed by atoms with Gasteiger partial charge in [0, 0.05) is 27.5 Å². The van der Waals surface area contributed by atoms with E-state index in [0.29, 0.717) is 12.4 Å². The number of nitrogens with zero attached hydrogens (tertiary/aromatic N) is 5. The number of ether oxygens (including phenoxy) is 9. The molecule has 11 unspecified atom stereocenters. The second-order valence-electron chi connectivity index (χ2n) is 13.6. The van der Waals surface area contributed by atoms with Crippen LogP contribution in [-0.2, 0) is 59.0 Å². The van der Waals surface area contributed by atoms with E-state index in [2.05, 4.69) is 34.2 Å². The Labute approximate surface area is 329 Å². The molecule has 57 heavy (non-hydrogen) atoms. The number of aliphatic hydroxyl groups is 5. The average Bonchev–Trinajstić information content (AvgIpc) is 3.54. The minimum atomic E-state index is -1.57. The molecule has 4 rings (SSSR count). The third kappa shape index (κ3) is 12.9. The number of amides is 2. The Balaban J connectivity index is 1.06. The maximum atomic E-state index is 11.7. The first-order valence-electron chi connectivity index (χ1n) is 18.5. The highest BCUT2D eigenvalue weighted by Crippen LogP contribution is 2.41. The molecule has 3 saturated heterocycles. The topological polar surface area (TPSA) is 280 Å². The Kier molecular flexibility index (Phi) is 18.1. The lowest BCUT2D eigenvalue weighted by molar-refractivity contribution is -0.785. The minimum Gasteiger partial charge on any atom is -0.394 e. The van der Waals surface area contributed by atoms with Crippen LogP contribution in [0.5, 0.6) is 0 Å². The maximum absolute atomic E-state index is 11.7. The van der Waals surface area contributed by atoms with Crippen LogP contribution in [0.15, 0.2) is 17.9 Å². The van der Waals surface area contributed by atoms with Crippen LogP contribution in [0.1, 0.15) is 26.5 Å². The van der Waals surface area contributed by atoms with Crippen molar-refractivity contribution in [2.45, 2.75) is 102 Å². The largest absolute Gasteiger partial charge is 0.394 e. The molecule has 3 aliphatic heterocycles. The van der Waals surface area contributed by atoms with Crippen LogP contribution in [-0.4, -0.2) is 199 Å². The van der Waals surface area contributed by atoms with E-state index in [0.717, 1.165) is 5.69 Å². The summed E-state index contributed by atoms with van der Waals surface area (Å²) in [6.45, 7) is 15.2. The molecular weight excluding hydrogens is 762 g/mol. The third-order valence-electron chi connectivity index (χ3n) is 9.12. The molecule has 23 heteroatoms. The lowest BCUT2D eigenvalue weighted by atomic mass is 9.87. The summed E-state index contributed by atoms with van der Waals surface area (Å²) in [7, 11) is 0. The van der Waals surface area contributed by atoms with Gasteiger partial charge in [0.2, 0.25) is 24.4 Å². The predicted octanol–water partition coefficient (Wildman–Crippen LogP) is -4.48. The zero-order chi connectivity index (χ0) is 41.7. The molecule has 0 aromatic carbocycles. The fourth-order valence-electron chi connectivity index (χ4n) is 6.32. The number of hydrazone groups is 1. The number of aliphatic hydroxyl groups excluding tert-OH is 4. The normalized spacial score (nSPS) is 30.9. The molecular formula is C34H58N7O16+. The summed E-state index contributed by atoms with van der Waals surface area (Å²) in [4.78, 5) is 23.2. The average molecular weight is 821 g/mol. The predicted molar refractivity (Wildman–Crippen MR) is 192 cm³/mol. The standard InChI is InChI=1S/C34H57N7O16/c1-20-17-39(19-52-12-11-51-14-16-54-33-26(37-22(3)44)29(47)30-31(56-33)34(5,48)57-30)38-41(20)23(4)40(35-6)7-8-49-9-10-50-13-15-53-32-25(36-21(2)43)28(46)27(45)24(18-42)55-32/h17,24-33,42,45-48H,4,6-16,18-19H2,1-3,5H3,(H-,36,37,43,44)/p+1. The fraction of sp³-hybridized carbons (Fsp3) is 0.794. The van der Waals surface area contributed by atoms with E-state index >= 15 is 0 Å². The monoisotopic (exact) mass is 820 g/mol. The number of nitrogens with one attached hydrogen (secondary N) is 2. The quantitative estimate of drug-likeness (QED) is 0.0212. The number of rotatable bonds is 25. The molecule has 0 radical (unpaired) electrons. The molecule has 1 aromatic heterocycles. The van der Waals surface area contributed by atoms with Crippen LogP contribution in [0, 0.1) is 6.92 Å². The van der Waals surface area contributed by atoms with E-state index < -0.39 is 79.6 Å².